The Hall–Kier alpha value is -0.0500. The summed E-state index contributed by atoms with van der Waals surface area (Å²) >= 11 is 3.37. The number of halogens is 1. The van der Waals surface area contributed by atoms with Crippen molar-refractivity contribution in [3.05, 3.63) is 0 Å². The SMILES string of the molecule is CCC(=O)OCCCCCCBr. The molecule has 0 rings (SSSR count). The van der Waals surface area contributed by atoms with Crippen molar-refractivity contribution in [2.75, 3.05) is 11.9 Å². The van der Waals surface area contributed by atoms with E-state index in [0.717, 1.165) is 18.2 Å². The van der Waals surface area contributed by atoms with Gasteiger partial charge in [0.2, 0.25) is 0 Å². The molecule has 0 bridgehead atoms. The van der Waals surface area contributed by atoms with E-state index in [4.69, 9.17) is 4.74 Å². The lowest BCUT2D eigenvalue weighted by Gasteiger charge is -2.01. The minimum Gasteiger partial charge on any atom is -0.466 e. The van der Waals surface area contributed by atoms with Crippen LogP contribution in [0.4, 0.5) is 0 Å². The summed E-state index contributed by atoms with van der Waals surface area (Å²) < 4.78 is 4.92. The molecule has 0 aromatic rings. The van der Waals surface area contributed by atoms with Crippen LogP contribution in [0.15, 0.2) is 0 Å². The minimum absolute atomic E-state index is 0.0875. The van der Waals surface area contributed by atoms with E-state index in [9.17, 15) is 4.79 Å². The predicted molar refractivity (Wildman–Crippen MR) is 53.5 cm³/mol. The van der Waals surface area contributed by atoms with Gasteiger partial charge in [-0.3, -0.25) is 4.79 Å². The number of rotatable bonds is 7. The second kappa shape index (κ2) is 9.04. The highest BCUT2D eigenvalue weighted by Crippen LogP contribution is 2.02. The first-order valence-corrected chi connectivity index (χ1v) is 5.65. The van der Waals surface area contributed by atoms with Gasteiger partial charge in [-0.15, -0.1) is 0 Å². The molecule has 3 heteroatoms. The molecule has 0 radical (unpaired) electrons. The molecule has 0 saturated carbocycles. The number of alkyl halides is 1. The molecule has 0 N–H and O–H groups in total. The number of carbonyl (C=O) groups is 1. The van der Waals surface area contributed by atoms with E-state index in [1.807, 2.05) is 6.92 Å². The Morgan fingerprint density at radius 2 is 1.92 bits per heavy atom. The van der Waals surface area contributed by atoms with Crippen LogP contribution >= 0.6 is 15.9 Å². The summed E-state index contributed by atoms with van der Waals surface area (Å²) in [6, 6.07) is 0. The second-order valence-electron chi connectivity index (χ2n) is 2.68. The Balaban J connectivity index is 2.95. The number of carbonyl (C=O) groups excluding carboxylic acids is 1. The van der Waals surface area contributed by atoms with Gasteiger partial charge in [0.25, 0.3) is 0 Å². The van der Waals surface area contributed by atoms with Gasteiger partial charge < -0.3 is 4.74 Å². The lowest BCUT2D eigenvalue weighted by molar-refractivity contribution is -0.143. The molecule has 0 heterocycles. The first-order chi connectivity index (χ1) is 5.81. The van der Waals surface area contributed by atoms with Crippen LogP contribution in [0.3, 0.4) is 0 Å². The zero-order valence-corrected chi connectivity index (χ0v) is 9.23. The first-order valence-electron chi connectivity index (χ1n) is 4.52. The van der Waals surface area contributed by atoms with Crippen molar-refractivity contribution in [2.24, 2.45) is 0 Å². The van der Waals surface area contributed by atoms with Crippen molar-refractivity contribution in [2.45, 2.75) is 39.0 Å². The molecule has 12 heavy (non-hydrogen) atoms. The van der Waals surface area contributed by atoms with Crippen LogP contribution in [0.25, 0.3) is 0 Å². The van der Waals surface area contributed by atoms with Crippen molar-refractivity contribution in [1.29, 1.82) is 0 Å². The van der Waals surface area contributed by atoms with Crippen LogP contribution in [-0.2, 0) is 9.53 Å². The summed E-state index contributed by atoms with van der Waals surface area (Å²) in [7, 11) is 0. The molecule has 0 spiro atoms. The zero-order chi connectivity index (χ0) is 9.23. The van der Waals surface area contributed by atoms with Crippen molar-refractivity contribution < 1.29 is 9.53 Å². The van der Waals surface area contributed by atoms with Gasteiger partial charge in [0.15, 0.2) is 0 Å². The molecule has 2 nitrogen and oxygen atoms in total. The van der Waals surface area contributed by atoms with Crippen LogP contribution in [0.5, 0.6) is 0 Å². The predicted octanol–water partition coefficient (Wildman–Crippen LogP) is 2.89. The number of ether oxygens (including phenoxy) is 1. The highest BCUT2D eigenvalue weighted by atomic mass is 79.9. The van der Waals surface area contributed by atoms with E-state index in [0.29, 0.717) is 13.0 Å². The molecule has 0 unspecified atom stereocenters. The third-order valence-corrected chi connectivity index (χ3v) is 2.14. The molecule has 0 atom stereocenters. The molecule has 0 aromatic heterocycles. The lowest BCUT2D eigenvalue weighted by Crippen LogP contribution is -2.03. The van der Waals surface area contributed by atoms with E-state index in [1.165, 1.54) is 12.8 Å². The van der Waals surface area contributed by atoms with Gasteiger partial charge in [-0.25, -0.2) is 0 Å². The Kier molecular flexibility index (Phi) is 9.00. The van der Waals surface area contributed by atoms with Crippen molar-refractivity contribution in [3.63, 3.8) is 0 Å². The van der Waals surface area contributed by atoms with E-state index in [-0.39, 0.29) is 5.97 Å². The third-order valence-electron chi connectivity index (χ3n) is 1.58. The van der Waals surface area contributed by atoms with Gasteiger partial charge in [-0.05, 0) is 12.8 Å². The van der Waals surface area contributed by atoms with Crippen molar-refractivity contribution in [3.8, 4) is 0 Å². The number of hydrogen-bond donors (Lipinski definition) is 0. The fraction of sp³-hybridized carbons (Fsp3) is 0.889. The van der Waals surface area contributed by atoms with E-state index in [2.05, 4.69) is 15.9 Å². The minimum atomic E-state index is -0.0875. The van der Waals surface area contributed by atoms with Crippen LogP contribution in [0.1, 0.15) is 39.0 Å². The quantitative estimate of drug-likeness (QED) is 0.386. The fourth-order valence-corrected chi connectivity index (χ4v) is 1.23. The zero-order valence-electron chi connectivity index (χ0n) is 7.64. The monoisotopic (exact) mass is 236 g/mol. The third kappa shape index (κ3) is 8.05. The van der Waals surface area contributed by atoms with E-state index in [1.54, 1.807) is 0 Å². The van der Waals surface area contributed by atoms with Crippen molar-refractivity contribution >= 4 is 21.9 Å². The highest BCUT2D eigenvalue weighted by Gasteiger charge is 1.96. The van der Waals surface area contributed by atoms with Gasteiger partial charge in [-0.2, -0.15) is 0 Å². The molecule has 0 aliphatic carbocycles. The summed E-state index contributed by atoms with van der Waals surface area (Å²) in [6.45, 7) is 2.40. The molecular weight excluding hydrogens is 220 g/mol. The Labute approximate surface area is 82.8 Å². The normalized spacial score (nSPS) is 9.83. The summed E-state index contributed by atoms with van der Waals surface area (Å²) in [4.78, 5) is 10.7. The van der Waals surface area contributed by atoms with E-state index >= 15 is 0 Å². The summed E-state index contributed by atoms with van der Waals surface area (Å²) in [5, 5.41) is 1.07. The number of esters is 1. The first kappa shape index (κ1) is 11.9. The number of hydrogen-bond acceptors (Lipinski definition) is 2. The smallest absolute Gasteiger partial charge is 0.305 e. The Morgan fingerprint density at radius 1 is 1.25 bits per heavy atom. The largest absolute Gasteiger partial charge is 0.466 e. The summed E-state index contributed by atoms with van der Waals surface area (Å²) in [6.07, 6.45) is 5.07. The van der Waals surface area contributed by atoms with Crippen LogP contribution in [0.2, 0.25) is 0 Å². The molecule has 72 valence electrons. The van der Waals surface area contributed by atoms with Crippen LogP contribution in [-0.4, -0.2) is 17.9 Å². The van der Waals surface area contributed by atoms with Gasteiger partial charge in [0, 0.05) is 11.8 Å². The number of unbranched alkanes of at least 4 members (excludes halogenated alkanes) is 3. The van der Waals surface area contributed by atoms with Gasteiger partial charge in [0.1, 0.15) is 0 Å². The molecule has 0 aliphatic rings. The standard InChI is InChI=1S/C9H17BrO2/c1-2-9(11)12-8-6-4-3-5-7-10/h2-8H2,1H3. The average molecular weight is 237 g/mol. The Bertz CT molecular complexity index is 115. The molecule has 0 amide bonds. The molecule has 0 saturated heterocycles. The molecule has 0 fully saturated rings. The Morgan fingerprint density at radius 3 is 2.50 bits per heavy atom. The maximum Gasteiger partial charge on any atom is 0.305 e. The topological polar surface area (TPSA) is 26.3 Å². The lowest BCUT2D eigenvalue weighted by atomic mass is 10.2. The highest BCUT2D eigenvalue weighted by molar-refractivity contribution is 9.09. The van der Waals surface area contributed by atoms with Gasteiger partial charge in [-0.1, -0.05) is 35.7 Å². The molecule has 0 aliphatic heterocycles. The maximum absolute atomic E-state index is 10.7. The maximum atomic E-state index is 10.7. The second-order valence-corrected chi connectivity index (χ2v) is 3.47. The van der Waals surface area contributed by atoms with Gasteiger partial charge in [0.05, 0.1) is 6.61 Å². The van der Waals surface area contributed by atoms with E-state index < -0.39 is 0 Å². The van der Waals surface area contributed by atoms with Crippen molar-refractivity contribution in [1.82, 2.24) is 0 Å². The summed E-state index contributed by atoms with van der Waals surface area (Å²) in [5.74, 6) is -0.0875. The van der Waals surface area contributed by atoms with Crippen LogP contribution in [0, 0.1) is 0 Å². The van der Waals surface area contributed by atoms with Crippen LogP contribution < -0.4 is 0 Å². The van der Waals surface area contributed by atoms with Gasteiger partial charge >= 0.3 is 5.97 Å². The molecule has 0 aromatic carbocycles. The molecular formula is C9H17BrO2. The fourth-order valence-electron chi connectivity index (χ4n) is 0.838. The average Bonchev–Trinajstić information content (AvgIpc) is 2.10. The summed E-state index contributed by atoms with van der Waals surface area (Å²) in [5.41, 5.74) is 0.